The molecule has 2 aromatic heterocycles. The molecule has 2 N–H and O–H groups in total. The fourth-order valence-corrected chi connectivity index (χ4v) is 1.82. The molecule has 0 bridgehead atoms. The molecule has 0 radical (unpaired) electrons. The van der Waals surface area contributed by atoms with Crippen molar-refractivity contribution in [2.24, 2.45) is 0 Å². The lowest BCUT2D eigenvalue weighted by Crippen LogP contribution is -1.94. The lowest BCUT2D eigenvalue weighted by Gasteiger charge is -2.06. The maximum atomic E-state index is 5.70. The van der Waals surface area contributed by atoms with Crippen LogP contribution in [-0.2, 0) is 0 Å². The third kappa shape index (κ3) is 2.75. The molecule has 20 heavy (non-hydrogen) atoms. The molecular weight excluding hydrogens is 250 g/mol. The van der Waals surface area contributed by atoms with E-state index in [2.05, 4.69) is 9.97 Å². The first kappa shape index (κ1) is 12.2. The Morgan fingerprint density at radius 3 is 2.15 bits per heavy atom. The van der Waals surface area contributed by atoms with Gasteiger partial charge >= 0.3 is 0 Å². The smallest absolute Gasteiger partial charge is 0.219 e. The Morgan fingerprint density at radius 2 is 1.40 bits per heavy atom. The van der Waals surface area contributed by atoms with Crippen LogP contribution in [0.15, 0.2) is 66.7 Å². The van der Waals surface area contributed by atoms with Crippen LogP contribution in [-0.4, -0.2) is 9.97 Å². The van der Waals surface area contributed by atoms with Crippen molar-refractivity contribution in [3.63, 3.8) is 0 Å². The van der Waals surface area contributed by atoms with Crippen molar-refractivity contribution in [3.8, 4) is 23.0 Å². The summed E-state index contributed by atoms with van der Waals surface area (Å²) in [6.07, 6.45) is 0. The van der Waals surface area contributed by atoms with E-state index in [4.69, 9.17) is 10.5 Å². The van der Waals surface area contributed by atoms with E-state index in [0.717, 1.165) is 17.1 Å². The van der Waals surface area contributed by atoms with Gasteiger partial charge in [0.2, 0.25) is 5.88 Å². The number of nitrogens with zero attached hydrogens (tertiary/aromatic N) is 2. The van der Waals surface area contributed by atoms with Crippen molar-refractivity contribution in [2.45, 2.75) is 0 Å². The largest absolute Gasteiger partial charge is 0.439 e. The number of anilines is 1. The molecule has 1 aromatic carbocycles. The second kappa shape index (κ2) is 5.40. The Bertz CT molecular complexity index is 714. The molecule has 4 nitrogen and oxygen atoms in total. The summed E-state index contributed by atoms with van der Waals surface area (Å²) in [7, 11) is 0. The summed E-state index contributed by atoms with van der Waals surface area (Å²) in [5.41, 5.74) is 7.14. The minimum atomic E-state index is 0.471. The van der Waals surface area contributed by atoms with Crippen molar-refractivity contribution in [1.82, 2.24) is 9.97 Å². The molecule has 3 aromatic rings. The molecular formula is C16H13N3O. The van der Waals surface area contributed by atoms with Crippen molar-refractivity contribution in [2.75, 3.05) is 5.73 Å². The van der Waals surface area contributed by atoms with E-state index in [1.165, 1.54) is 0 Å². The Kier molecular flexibility index (Phi) is 3.29. The van der Waals surface area contributed by atoms with Crippen LogP contribution in [0.2, 0.25) is 0 Å². The molecule has 0 aliphatic carbocycles. The van der Waals surface area contributed by atoms with Gasteiger partial charge in [-0.1, -0.05) is 30.3 Å². The van der Waals surface area contributed by atoms with Gasteiger partial charge in [0.15, 0.2) is 0 Å². The first-order valence-electron chi connectivity index (χ1n) is 6.24. The zero-order valence-electron chi connectivity index (χ0n) is 10.7. The number of hydrogen-bond donors (Lipinski definition) is 1. The highest BCUT2D eigenvalue weighted by Crippen LogP contribution is 2.22. The number of rotatable bonds is 3. The third-order valence-electron chi connectivity index (χ3n) is 2.72. The number of ether oxygens (including phenoxy) is 1. The van der Waals surface area contributed by atoms with Gasteiger partial charge in [0.05, 0.1) is 11.4 Å². The number of nitrogen functional groups attached to an aromatic ring is 1. The minimum Gasteiger partial charge on any atom is -0.439 e. The van der Waals surface area contributed by atoms with Crippen molar-refractivity contribution >= 4 is 5.82 Å². The number of benzene rings is 1. The van der Waals surface area contributed by atoms with Gasteiger partial charge in [-0.2, -0.15) is 0 Å². The zero-order chi connectivity index (χ0) is 13.8. The second-order valence-corrected chi connectivity index (χ2v) is 4.22. The van der Waals surface area contributed by atoms with E-state index in [9.17, 15) is 0 Å². The van der Waals surface area contributed by atoms with E-state index in [-0.39, 0.29) is 0 Å². The third-order valence-corrected chi connectivity index (χ3v) is 2.72. The van der Waals surface area contributed by atoms with Gasteiger partial charge in [-0.05, 0) is 30.3 Å². The Morgan fingerprint density at radius 1 is 0.700 bits per heavy atom. The molecule has 0 aliphatic heterocycles. The summed E-state index contributed by atoms with van der Waals surface area (Å²) in [5, 5.41) is 0. The molecule has 0 amide bonds. The average molecular weight is 263 g/mol. The highest BCUT2D eigenvalue weighted by Gasteiger charge is 2.04. The molecule has 98 valence electrons. The Balaban J connectivity index is 1.90. The maximum Gasteiger partial charge on any atom is 0.219 e. The first-order chi connectivity index (χ1) is 9.81. The lowest BCUT2D eigenvalue weighted by molar-refractivity contribution is 0.463. The molecule has 0 atom stereocenters. The monoisotopic (exact) mass is 263 g/mol. The van der Waals surface area contributed by atoms with E-state index >= 15 is 0 Å². The lowest BCUT2D eigenvalue weighted by atomic mass is 10.2. The van der Waals surface area contributed by atoms with Gasteiger partial charge in [0.1, 0.15) is 11.6 Å². The fourth-order valence-electron chi connectivity index (χ4n) is 1.82. The maximum absolute atomic E-state index is 5.70. The molecule has 4 heteroatoms. The predicted octanol–water partition coefficient (Wildman–Crippen LogP) is 3.52. The molecule has 0 aliphatic rings. The second-order valence-electron chi connectivity index (χ2n) is 4.22. The summed E-state index contributed by atoms with van der Waals surface area (Å²) in [5.74, 6) is 1.74. The first-order valence-corrected chi connectivity index (χ1v) is 6.24. The summed E-state index contributed by atoms with van der Waals surface area (Å²) < 4.78 is 5.70. The summed E-state index contributed by atoms with van der Waals surface area (Å²) >= 11 is 0. The number of nitrogens with two attached hydrogens (primary N) is 1. The van der Waals surface area contributed by atoms with E-state index in [0.29, 0.717) is 11.7 Å². The number of pyridine rings is 2. The standard InChI is InChI=1S/C16H13N3O/c17-15-10-4-8-13(18-15)14-9-5-11-16(19-14)20-12-6-2-1-3-7-12/h1-11H,(H2,17,18). The van der Waals surface area contributed by atoms with Gasteiger partial charge in [0, 0.05) is 6.07 Å². The van der Waals surface area contributed by atoms with E-state index < -0.39 is 0 Å². The van der Waals surface area contributed by atoms with Crippen LogP contribution >= 0.6 is 0 Å². The molecule has 0 saturated carbocycles. The van der Waals surface area contributed by atoms with Crippen LogP contribution < -0.4 is 10.5 Å². The van der Waals surface area contributed by atoms with Crippen LogP contribution in [0.25, 0.3) is 11.4 Å². The van der Waals surface area contributed by atoms with Gasteiger partial charge < -0.3 is 10.5 Å². The molecule has 0 saturated heterocycles. The number of aromatic nitrogens is 2. The number of hydrogen-bond acceptors (Lipinski definition) is 4. The Labute approximate surface area is 116 Å². The van der Waals surface area contributed by atoms with Gasteiger partial charge in [-0.3, -0.25) is 0 Å². The number of para-hydroxylation sites is 1. The van der Waals surface area contributed by atoms with Crippen LogP contribution in [0.5, 0.6) is 11.6 Å². The van der Waals surface area contributed by atoms with Crippen LogP contribution in [0, 0.1) is 0 Å². The molecule has 0 fully saturated rings. The van der Waals surface area contributed by atoms with Crippen LogP contribution in [0.1, 0.15) is 0 Å². The zero-order valence-corrected chi connectivity index (χ0v) is 10.7. The topological polar surface area (TPSA) is 61.0 Å². The van der Waals surface area contributed by atoms with Crippen molar-refractivity contribution < 1.29 is 4.74 Å². The quantitative estimate of drug-likeness (QED) is 0.785. The molecule has 0 spiro atoms. The summed E-state index contributed by atoms with van der Waals surface area (Å²) in [6.45, 7) is 0. The molecule has 3 rings (SSSR count). The van der Waals surface area contributed by atoms with E-state index in [1.54, 1.807) is 6.07 Å². The van der Waals surface area contributed by atoms with Gasteiger partial charge in [0.25, 0.3) is 0 Å². The average Bonchev–Trinajstić information content (AvgIpc) is 2.49. The summed E-state index contributed by atoms with van der Waals surface area (Å²) in [6, 6.07) is 20.6. The van der Waals surface area contributed by atoms with Crippen molar-refractivity contribution in [1.29, 1.82) is 0 Å². The normalized spacial score (nSPS) is 10.2. The Hall–Kier alpha value is -2.88. The van der Waals surface area contributed by atoms with E-state index in [1.807, 2.05) is 60.7 Å². The van der Waals surface area contributed by atoms with Crippen LogP contribution in [0.3, 0.4) is 0 Å². The summed E-state index contributed by atoms with van der Waals surface area (Å²) in [4.78, 5) is 8.69. The SMILES string of the molecule is Nc1cccc(-c2cccc(Oc3ccccc3)n2)n1. The van der Waals surface area contributed by atoms with Gasteiger partial charge in [-0.25, -0.2) is 9.97 Å². The highest BCUT2D eigenvalue weighted by atomic mass is 16.5. The van der Waals surface area contributed by atoms with Gasteiger partial charge in [-0.15, -0.1) is 0 Å². The highest BCUT2D eigenvalue weighted by molar-refractivity contribution is 5.57. The van der Waals surface area contributed by atoms with Crippen molar-refractivity contribution in [3.05, 3.63) is 66.7 Å². The minimum absolute atomic E-state index is 0.471. The fraction of sp³-hybridized carbons (Fsp3) is 0. The molecule has 2 heterocycles. The van der Waals surface area contributed by atoms with Crippen LogP contribution in [0.4, 0.5) is 5.82 Å². The molecule has 0 unspecified atom stereocenters. The predicted molar refractivity (Wildman–Crippen MR) is 78.4 cm³/mol.